The molecule has 0 aliphatic carbocycles. The molecule has 0 aromatic heterocycles. The highest BCUT2D eigenvalue weighted by molar-refractivity contribution is 5.76. The fraction of sp³-hybridized carbons (Fsp3) is 0.235. The van der Waals surface area contributed by atoms with E-state index >= 15 is 0 Å². The lowest BCUT2D eigenvalue weighted by Gasteiger charge is -2.13. The smallest absolute Gasteiger partial charge is 0.303 e. The van der Waals surface area contributed by atoms with Crippen LogP contribution in [0, 0.1) is 0 Å². The molecule has 1 N–H and O–H groups in total. The number of hydrogen-bond donors (Lipinski definition) is 1. The Bertz CT molecular complexity index is 634. The minimum Gasteiger partial charge on any atom is -0.496 e. The zero-order valence-corrected chi connectivity index (χ0v) is 12.1. The molecule has 0 unspecified atom stereocenters. The fourth-order valence-electron chi connectivity index (χ4n) is 2.23. The lowest BCUT2D eigenvalue weighted by Crippen LogP contribution is -1.98. The van der Waals surface area contributed by atoms with Crippen LogP contribution in [-0.2, 0) is 11.2 Å². The van der Waals surface area contributed by atoms with Crippen molar-refractivity contribution in [3.05, 3.63) is 48.0 Å². The van der Waals surface area contributed by atoms with E-state index in [0.29, 0.717) is 12.2 Å². The number of methoxy groups -OCH3 is 2. The van der Waals surface area contributed by atoms with Gasteiger partial charge < -0.3 is 14.6 Å². The van der Waals surface area contributed by atoms with Crippen molar-refractivity contribution in [2.75, 3.05) is 14.2 Å². The second kappa shape index (κ2) is 6.79. The van der Waals surface area contributed by atoms with Crippen LogP contribution in [0.15, 0.2) is 42.5 Å². The molecule has 2 aromatic rings. The zero-order chi connectivity index (χ0) is 15.2. The van der Waals surface area contributed by atoms with Gasteiger partial charge in [-0.05, 0) is 24.1 Å². The molecule has 0 aliphatic heterocycles. The number of rotatable bonds is 6. The van der Waals surface area contributed by atoms with Crippen LogP contribution in [0.25, 0.3) is 11.1 Å². The Hall–Kier alpha value is -2.49. The number of hydrogen-bond acceptors (Lipinski definition) is 3. The molecule has 0 heterocycles. The van der Waals surface area contributed by atoms with Crippen molar-refractivity contribution < 1.29 is 19.4 Å². The molecule has 2 aromatic carbocycles. The molecule has 4 heteroatoms. The third kappa shape index (κ3) is 3.54. The van der Waals surface area contributed by atoms with Gasteiger partial charge in [-0.25, -0.2) is 0 Å². The number of carboxylic acids is 1. The maximum Gasteiger partial charge on any atom is 0.303 e. The Morgan fingerprint density at radius 3 is 2.33 bits per heavy atom. The normalized spacial score (nSPS) is 10.2. The molecule has 0 atom stereocenters. The molecule has 0 radical (unpaired) electrons. The first-order valence-corrected chi connectivity index (χ1v) is 6.67. The van der Waals surface area contributed by atoms with Crippen LogP contribution in [0.3, 0.4) is 0 Å². The molecule has 2 rings (SSSR count). The van der Waals surface area contributed by atoms with Crippen LogP contribution in [0.1, 0.15) is 12.0 Å². The summed E-state index contributed by atoms with van der Waals surface area (Å²) in [6, 6.07) is 13.5. The van der Waals surface area contributed by atoms with Crippen molar-refractivity contribution >= 4 is 5.97 Å². The van der Waals surface area contributed by atoms with Crippen molar-refractivity contribution in [2.24, 2.45) is 0 Å². The van der Waals surface area contributed by atoms with Gasteiger partial charge in [-0.2, -0.15) is 0 Å². The average molecular weight is 286 g/mol. The number of ether oxygens (including phenoxy) is 2. The summed E-state index contributed by atoms with van der Waals surface area (Å²) >= 11 is 0. The lowest BCUT2D eigenvalue weighted by atomic mass is 10.00. The van der Waals surface area contributed by atoms with E-state index in [2.05, 4.69) is 0 Å². The van der Waals surface area contributed by atoms with Gasteiger partial charge in [0.1, 0.15) is 11.5 Å². The van der Waals surface area contributed by atoms with E-state index < -0.39 is 5.97 Å². The molecule has 0 spiro atoms. The molecule has 110 valence electrons. The summed E-state index contributed by atoms with van der Waals surface area (Å²) in [6.07, 6.45) is 0.592. The summed E-state index contributed by atoms with van der Waals surface area (Å²) in [5.74, 6) is 0.680. The largest absolute Gasteiger partial charge is 0.496 e. The number of aliphatic carboxylic acids is 1. The number of carbonyl (C=O) groups is 1. The Morgan fingerprint density at radius 2 is 1.67 bits per heavy atom. The fourth-order valence-corrected chi connectivity index (χ4v) is 2.23. The van der Waals surface area contributed by atoms with E-state index in [1.807, 2.05) is 42.5 Å². The van der Waals surface area contributed by atoms with Crippen molar-refractivity contribution in [3.63, 3.8) is 0 Å². The number of aryl methyl sites for hydroxylation is 1. The van der Waals surface area contributed by atoms with Crippen molar-refractivity contribution in [2.45, 2.75) is 12.8 Å². The van der Waals surface area contributed by atoms with Gasteiger partial charge in [0.15, 0.2) is 0 Å². The van der Waals surface area contributed by atoms with Crippen LogP contribution in [-0.4, -0.2) is 25.3 Å². The Balaban J connectivity index is 2.38. The second-order valence-corrected chi connectivity index (χ2v) is 4.63. The summed E-state index contributed by atoms with van der Waals surface area (Å²) in [6.45, 7) is 0. The van der Waals surface area contributed by atoms with Gasteiger partial charge >= 0.3 is 5.97 Å². The Labute approximate surface area is 123 Å². The molecule has 0 aliphatic rings. The maximum atomic E-state index is 10.7. The summed E-state index contributed by atoms with van der Waals surface area (Å²) in [4.78, 5) is 10.7. The van der Waals surface area contributed by atoms with Gasteiger partial charge in [0.05, 0.1) is 14.2 Å². The molecular formula is C17H18O4. The van der Waals surface area contributed by atoms with Gasteiger partial charge in [-0.1, -0.05) is 30.3 Å². The first-order chi connectivity index (χ1) is 10.2. The third-order valence-corrected chi connectivity index (χ3v) is 3.29. The number of para-hydroxylation sites is 1. The number of carboxylic acid groups (broad SMARTS) is 1. The van der Waals surface area contributed by atoms with Crippen LogP contribution in [0.4, 0.5) is 0 Å². The average Bonchev–Trinajstić information content (AvgIpc) is 2.52. The molecule has 0 amide bonds. The van der Waals surface area contributed by atoms with Crippen LogP contribution >= 0.6 is 0 Å². The molecule has 21 heavy (non-hydrogen) atoms. The first-order valence-electron chi connectivity index (χ1n) is 6.67. The van der Waals surface area contributed by atoms with Crippen LogP contribution in [0.2, 0.25) is 0 Å². The van der Waals surface area contributed by atoms with E-state index in [1.165, 1.54) is 0 Å². The molecular weight excluding hydrogens is 268 g/mol. The Kier molecular flexibility index (Phi) is 4.82. The minimum atomic E-state index is -0.803. The predicted molar refractivity (Wildman–Crippen MR) is 80.9 cm³/mol. The van der Waals surface area contributed by atoms with Gasteiger partial charge in [-0.15, -0.1) is 0 Å². The summed E-state index contributed by atoms with van der Waals surface area (Å²) in [7, 11) is 3.24. The van der Waals surface area contributed by atoms with E-state index in [0.717, 1.165) is 22.4 Å². The van der Waals surface area contributed by atoms with E-state index in [1.54, 1.807) is 14.2 Å². The highest BCUT2D eigenvalue weighted by Crippen LogP contribution is 2.36. The quantitative estimate of drug-likeness (QED) is 0.884. The topological polar surface area (TPSA) is 55.8 Å². The first kappa shape index (κ1) is 14.9. The zero-order valence-electron chi connectivity index (χ0n) is 12.1. The second-order valence-electron chi connectivity index (χ2n) is 4.63. The van der Waals surface area contributed by atoms with E-state index in [-0.39, 0.29) is 6.42 Å². The van der Waals surface area contributed by atoms with E-state index in [4.69, 9.17) is 14.6 Å². The number of benzene rings is 2. The monoisotopic (exact) mass is 286 g/mol. The van der Waals surface area contributed by atoms with Crippen molar-refractivity contribution in [1.29, 1.82) is 0 Å². The van der Waals surface area contributed by atoms with Crippen molar-refractivity contribution in [3.8, 4) is 22.6 Å². The van der Waals surface area contributed by atoms with Gasteiger partial charge in [-0.3, -0.25) is 4.79 Å². The Morgan fingerprint density at radius 1 is 1.00 bits per heavy atom. The van der Waals surface area contributed by atoms with E-state index in [9.17, 15) is 4.79 Å². The highest BCUT2D eigenvalue weighted by atomic mass is 16.5. The summed E-state index contributed by atoms with van der Waals surface area (Å²) in [5, 5.41) is 8.75. The lowest BCUT2D eigenvalue weighted by molar-refractivity contribution is -0.136. The van der Waals surface area contributed by atoms with Gasteiger partial charge in [0, 0.05) is 17.5 Å². The molecule has 4 nitrogen and oxygen atoms in total. The maximum absolute atomic E-state index is 10.7. The molecule has 0 saturated carbocycles. The molecule has 0 bridgehead atoms. The highest BCUT2D eigenvalue weighted by Gasteiger charge is 2.11. The SMILES string of the molecule is COc1ccccc1-c1ccc(CCC(=O)O)cc1OC. The van der Waals surface area contributed by atoms with Gasteiger partial charge in [0.2, 0.25) is 0 Å². The van der Waals surface area contributed by atoms with Crippen molar-refractivity contribution in [1.82, 2.24) is 0 Å². The summed E-state index contributed by atoms with van der Waals surface area (Å²) in [5.41, 5.74) is 2.81. The molecule has 0 saturated heterocycles. The van der Waals surface area contributed by atoms with Crippen LogP contribution in [0.5, 0.6) is 11.5 Å². The molecule has 0 fully saturated rings. The predicted octanol–water partition coefficient (Wildman–Crippen LogP) is 3.39. The standard InChI is InChI=1S/C17H18O4/c1-20-15-6-4-3-5-13(15)14-9-7-12(8-10-17(18)19)11-16(14)21-2/h3-7,9,11H,8,10H2,1-2H3,(H,18,19). The van der Waals surface area contributed by atoms with Crippen LogP contribution < -0.4 is 9.47 Å². The minimum absolute atomic E-state index is 0.108. The third-order valence-electron chi connectivity index (χ3n) is 3.29. The summed E-state index contributed by atoms with van der Waals surface area (Å²) < 4.78 is 10.8. The van der Waals surface area contributed by atoms with Gasteiger partial charge in [0.25, 0.3) is 0 Å².